The van der Waals surface area contributed by atoms with Gasteiger partial charge < -0.3 is 5.32 Å². The van der Waals surface area contributed by atoms with Crippen LogP contribution in [0.15, 0.2) is 28.7 Å². The van der Waals surface area contributed by atoms with Crippen LogP contribution in [0, 0.1) is 5.92 Å². The summed E-state index contributed by atoms with van der Waals surface area (Å²) in [7, 11) is 2.10. The van der Waals surface area contributed by atoms with Crippen LogP contribution in [0.1, 0.15) is 24.8 Å². The van der Waals surface area contributed by atoms with Crippen molar-refractivity contribution >= 4 is 27.7 Å². The van der Waals surface area contributed by atoms with Crippen molar-refractivity contribution in [1.82, 2.24) is 5.32 Å². The van der Waals surface area contributed by atoms with Gasteiger partial charge in [0.05, 0.1) is 0 Å². The zero-order chi connectivity index (χ0) is 12.8. The number of thioether (sulfide) groups is 1. The number of hydrogen-bond donors (Lipinski definition) is 1. The lowest BCUT2D eigenvalue weighted by Crippen LogP contribution is -2.31. The van der Waals surface area contributed by atoms with E-state index in [0.717, 1.165) is 12.3 Å². The molecule has 0 radical (unpaired) electrons. The fourth-order valence-electron chi connectivity index (χ4n) is 2.64. The summed E-state index contributed by atoms with van der Waals surface area (Å²) < 4.78 is 1.18. The summed E-state index contributed by atoms with van der Waals surface area (Å²) in [5.41, 5.74) is 1.42. The molecular weight excluding hydrogens is 306 g/mol. The van der Waals surface area contributed by atoms with E-state index in [2.05, 4.69) is 64.3 Å². The minimum atomic E-state index is 0.618. The van der Waals surface area contributed by atoms with Gasteiger partial charge in [0.2, 0.25) is 0 Å². The molecule has 1 aliphatic heterocycles. The standard InChI is InChI=1S/C15H22BrNS/c1-17-15(10-12-5-7-18-8-6-12)11-13-3-2-4-14(16)9-13/h2-4,9,12,15,17H,5-8,10-11H2,1H3. The molecule has 0 bridgehead atoms. The Morgan fingerprint density at radius 2 is 2.17 bits per heavy atom. The van der Waals surface area contributed by atoms with Gasteiger partial charge in [0.1, 0.15) is 0 Å². The van der Waals surface area contributed by atoms with E-state index < -0.39 is 0 Å². The van der Waals surface area contributed by atoms with Crippen molar-refractivity contribution < 1.29 is 0 Å². The monoisotopic (exact) mass is 327 g/mol. The highest BCUT2D eigenvalue weighted by Crippen LogP contribution is 2.27. The molecule has 1 heterocycles. The van der Waals surface area contributed by atoms with Gasteiger partial charge in [-0.25, -0.2) is 0 Å². The van der Waals surface area contributed by atoms with Crippen LogP contribution in [-0.2, 0) is 6.42 Å². The molecule has 0 amide bonds. The summed E-state index contributed by atoms with van der Waals surface area (Å²) in [4.78, 5) is 0. The molecule has 18 heavy (non-hydrogen) atoms. The van der Waals surface area contributed by atoms with Crippen molar-refractivity contribution in [2.24, 2.45) is 5.92 Å². The molecule has 2 rings (SSSR count). The largest absolute Gasteiger partial charge is 0.317 e. The van der Waals surface area contributed by atoms with Gasteiger partial charge in [-0.05, 0) is 67.9 Å². The summed E-state index contributed by atoms with van der Waals surface area (Å²) in [6, 6.07) is 9.30. The molecule has 1 aliphatic rings. The van der Waals surface area contributed by atoms with Crippen molar-refractivity contribution in [3.63, 3.8) is 0 Å². The average Bonchev–Trinajstić information content (AvgIpc) is 2.39. The minimum Gasteiger partial charge on any atom is -0.317 e. The minimum absolute atomic E-state index is 0.618. The maximum absolute atomic E-state index is 3.55. The zero-order valence-corrected chi connectivity index (χ0v) is 13.4. The SMILES string of the molecule is CNC(Cc1cccc(Br)c1)CC1CCSCC1. The Morgan fingerprint density at radius 3 is 2.83 bits per heavy atom. The highest BCUT2D eigenvalue weighted by molar-refractivity contribution is 9.10. The Kier molecular flexibility index (Phi) is 6.06. The van der Waals surface area contributed by atoms with Crippen molar-refractivity contribution in [1.29, 1.82) is 0 Å². The Hall–Kier alpha value is 0.01000. The first-order valence-corrected chi connectivity index (χ1v) is 8.72. The van der Waals surface area contributed by atoms with Crippen LogP contribution < -0.4 is 5.32 Å². The smallest absolute Gasteiger partial charge is 0.0178 e. The molecule has 0 saturated carbocycles. The van der Waals surface area contributed by atoms with Gasteiger partial charge in [-0.15, -0.1) is 0 Å². The van der Waals surface area contributed by atoms with E-state index in [9.17, 15) is 0 Å². The zero-order valence-electron chi connectivity index (χ0n) is 11.0. The summed E-state index contributed by atoms with van der Waals surface area (Å²) >= 11 is 5.66. The maximum atomic E-state index is 3.55. The lowest BCUT2D eigenvalue weighted by atomic mass is 9.91. The van der Waals surface area contributed by atoms with E-state index in [1.807, 2.05) is 0 Å². The molecular formula is C15H22BrNS. The first-order chi connectivity index (χ1) is 8.78. The molecule has 1 aromatic carbocycles. The highest BCUT2D eigenvalue weighted by atomic mass is 79.9. The number of benzene rings is 1. The van der Waals surface area contributed by atoms with Gasteiger partial charge in [-0.2, -0.15) is 11.8 Å². The summed E-state index contributed by atoms with van der Waals surface area (Å²) in [5.74, 6) is 3.64. The van der Waals surface area contributed by atoms with Gasteiger partial charge in [0.15, 0.2) is 0 Å². The van der Waals surface area contributed by atoms with Gasteiger partial charge in [0, 0.05) is 10.5 Å². The van der Waals surface area contributed by atoms with Crippen LogP contribution in [0.5, 0.6) is 0 Å². The molecule has 0 aliphatic carbocycles. The first-order valence-electron chi connectivity index (χ1n) is 6.77. The van der Waals surface area contributed by atoms with E-state index in [-0.39, 0.29) is 0 Å². The van der Waals surface area contributed by atoms with Gasteiger partial charge in [-0.1, -0.05) is 28.1 Å². The third-order valence-corrected chi connectivity index (χ3v) is 5.28. The normalized spacial score (nSPS) is 18.8. The Labute approximate surface area is 123 Å². The van der Waals surface area contributed by atoms with E-state index in [0.29, 0.717) is 6.04 Å². The van der Waals surface area contributed by atoms with Crippen molar-refractivity contribution in [3.05, 3.63) is 34.3 Å². The molecule has 100 valence electrons. The van der Waals surface area contributed by atoms with Gasteiger partial charge in [0.25, 0.3) is 0 Å². The predicted molar refractivity (Wildman–Crippen MR) is 85.4 cm³/mol. The molecule has 3 heteroatoms. The lowest BCUT2D eigenvalue weighted by Gasteiger charge is -2.26. The number of nitrogens with one attached hydrogen (secondary N) is 1. The summed E-state index contributed by atoms with van der Waals surface area (Å²) in [6.07, 6.45) is 5.27. The maximum Gasteiger partial charge on any atom is 0.0178 e. The fraction of sp³-hybridized carbons (Fsp3) is 0.600. The Bertz CT molecular complexity index is 363. The second-order valence-electron chi connectivity index (χ2n) is 5.11. The molecule has 0 spiro atoms. The highest BCUT2D eigenvalue weighted by Gasteiger charge is 2.18. The van der Waals surface area contributed by atoms with E-state index >= 15 is 0 Å². The molecule has 1 nitrogen and oxygen atoms in total. The van der Waals surface area contributed by atoms with Crippen LogP contribution >= 0.6 is 27.7 Å². The van der Waals surface area contributed by atoms with Crippen LogP contribution in [0.3, 0.4) is 0 Å². The fourth-order valence-corrected chi connectivity index (χ4v) is 4.29. The van der Waals surface area contributed by atoms with Crippen LogP contribution in [0.25, 0.3) is 0 Å². The molecule has 1 aromatic rings. The van der Waals surface area contributed by atoms with E-state index in [4.69, 9.17) is 0 Å². The third-order valence-electron chi connectivity index (χ3n) is 3.74. The average molecular weight is 328 g/mol. The summed E-state index contributed by atoms with van der Waals surface area (Å²) in [5, 5.41) is 3.50. The quantitative estimate of drug-likeness (QED) is 0.873. The molecule has 1 atom stereocenters. The number of hydrogen-bond acceptors (Lipinski definition) is 2. The van der Waals surface area contributed by atoms with Gasteiger partial charge in [-0.3, -0.25) is 0 Å². The molecule has 1 unspecified atom stereocenters. The Balaban J connectivity index is 1.88. The second-order valence-corrected chi connectivity index (χ2v) is 7.25. The third kappa shape index (κ3) is 4.60. The predicted octanol–water partition coefficient (Wildman–Crippen LogP) is 4.11. The topological polar surface area (TPSA) is 12.0 Å². The number of halogens is 1. The van der Waals surface area contributed by atoms with E-state index in [1.165, 1.54) is 40.8 Å². The van der Waals surface area contributed by atoms with Crippen molar-refractivity contribution in [2.45, 2.75) is 31.7 Å². The van der Waals surface area contributed by atoms with Crippen LogP contribution in [0.4, 0.5) is 0 Å². The van der Waals surface area contributed by atoms with Crippen molar-refractivity contribution in [3.8, 4) is 0 Å². The van der Waals surface area contributed by atoms with Crippen molar-refractivity contribution in [2.75, 3.05) is 18.6 Å². The molecule has 1 saturated heterocycles. The molecule has 1 N–H and O–H groups in total. The molecule has 1 fully saturated rings. The second kappa shape index (κ2) is 7.56. The summed E-state index contributed by atoms with van der Waals surface area (Å²) in [6.45, 7) is 0. The first kappa shape index (κ1) is 14.4. The van der Waals surface area contributed by atoms with Crippen LogP contribution in [-0.4, -0.2) is 24.6 Å². The van der Waals surface area contributed by atoms with Gasteiger partial charge >= 0.3 is 0 Å². The van der Waals surface area contributed by atoms with E-state index in [1.54, 1.807) is 0 Å². The molecule has 0 aromatic heterocycles. The lowest BCUT2D eigenvalue weighted by molar-refractivity contribution is 0.376. The Morgan fingerprint density at radius 1 is 1.39 bits per heavy atom. The number of likely N-dealkylation sites (N-methyl/N-ethyl adjacent to an activating group) is 1. The number of rotatable bonds is 5. The van der Waals surface area contributed by atoms with Crippen LogP contribution in [0.2, 0.25) is 0 Å².